The molecule has 5 heteroatoms. The average molecular weight is 283 g/mol. The molecule has 0 aliphatic heterocycles. The van der Waals surface area contributed by atoms with Crippen LogP contribution >= 0.6 is 11.6 Å². The van der Waals surface area contributed by atoms with Crippen LogP contribution in [-0.4, -0.2) is 26.0 Å². The lowest BCUT2D eigenvalue weighted by molar-refractivity contribution is -0.136. The fraction of sp³-hybridized carbons (Fsp3) is 0.286. The number of hydrogen-bond acceptors (Lipinski definition) is 4. The zero-order valence-electron chi connectivity index (χ0n) is 10.8. The minimum Gasteiger partial charge on any atom is -0.488 e. The monoisotopic (exact) mass is 282 g/mol. The average Bonchev–Trinajstić information content (AvgIpc) is 2.44. The first-order valence-corrected chi connectivity index (χ1v) is 6.15. The Morgan fingerprint density at radius 3 is 2.68 bits per heavy atom. The van der Waals surface area contributed by atoms with Gasteiger partial charge in [0.2, 0.25) is 0 Å². The lowest BCUT2D eigenvalue weighted by Gasteiger charge is -2.07. The van der Waals surface area contributed by atoms with Crippen molar-refractivity contribution in [3.63, 3.8) is 0 Å². The maximum Gasteiger partial charge on any atom is 0.333 e. The summed E-state index contributed by atoms with van der Waals surface area (Å²) >= 11 is 5.95. The predicted molar refractivity (Wildman–Crippen MR) is 72.7 cm³/mol. The Balaban J connectivity index is 2.69. The number of carbonyl (C=O) groups is 2. The Morgan fingerprint density at radius 2 is 2.16 bits per heavy atom. The van der Waals surface area contributed by atoms with Gasteiger partial charge >= 0.3 is 5.97 Å². The number of ether oxygens (including phenoxy) is 2. The normalized spacial score (nSPS) is 11.0. The van der Waals surface area contributed by atoms with Crippen LogP contribution in [0.15, 0.2) is 29.8 Å². The van der Waals surface area contributed by atoms with Crippen molar-refractivity contribution in [2.24, 2.45) is 0 Å². The molecule has 1 aromatic carbocycles. The number of halogens is 1. The minimum absolute atomic E-state index is 0.207. The summed E-state index contributed by atoms with van der Waals surface area (Å²) in [4.78, 5) is 21.9. The van der Waals surface area contributed by atoms with E-state index >= 15 is 0 Å². The zero-order valence-corrected chi connectivity index (χ0v) is 11.6. The van der Waals surface area contributed by atoms with Crippen molar-refractivity contribution in [3.8, 4) is 5.75 Å². The standard InChI is InChI=1S/C14H15ClO4/c1-3-11(14(17)18-2)6-7-19-13-5-4-10(9-16)8-12(13)15/h4-6,8-9H,3,7H2,1-2H3. The van der Waals surface area contributed by atoms with Crippen LogP contribution in [0.1, 0.15) is 23.7 Å². The number of hydrogen-bond donors (Lipinski definition) is 0. The molecule has 0 fully saturated rings. The molecule has 0 heterocycles. The first kappa shape index (κ1) is 15.2. The van der Waals surface area contributed by atoms with Gasteiger partial charge in [0.05, 0.1) is 12.1 Å². The molecule has 1 rings (SSSR count). The second-order valence-corrected chi connectivity index (χ2v) is 4.10. The molecule has 0 saturated carbocycles. The van der Waals surface area contributed by atoms with Gasteiger partial charge in [0.25, 0.3) is 0 Å². The maximum atomic E-state index is 11.3. The zero-order chi connectivity index (χ0) is 14.3. The molecule has 102 valence electrons. The molecular formula is C14H15ClO4. The third kappa shape index (κ3) is 4.41. The molecule has 0 aliphatic carbocycles. The van der Waals surface area contributed by atoms with Crippen molar-refractivity contribution < 1.29 is 19.1 Å². The molecule has 0 bridgehead atoms. The van der Waals surface area contributed by atoms with Crippen molar-refractivity contribution in [2.75, 3.05) is 13.7 Å². The fourth-order valence-corrected chi connectivity index (χ4v) is 1.69. The summed E-state index contributed by atoms with van der Waals surface area (Å²) in [6, 6.07) is 4.75. The van der Waals surface area contributed by atoms with E-state index in [9.17, 15) is 9.59 Å². The quantitative estimate of drug-likeness (QED) is 0.457. The summed E-state index contributed by atoms with van der Waals surface area (Å²) in [5.74, 6) is 0.0948. The molecular weight excluding hydrogens is 268 g/mol. The molecule has 0 amide bonds. The van der Waals surface area contributed by atoms with Crippen molar-refractivity contribution in [1.29, 1.82) is 0 Å². The summed E-state index contributed by atoms with van der Waals surface area (Å²) < 4.78 is 10.1. The van der Waals surface area contributed by atoms with Crippen molar-refractivity contribution in [2.45, 2.75) is 13.3 Å². The van der Waals surface area contributed by atoms with E-state index in [1.165, 1.54) is 13.2 Å². The molecule has 1 aromatic rings. The molecule has 0 saturated heterocycles. The van der Waals surface area contributed by atoms with Crippen molar-refractivity contribution >= 4 is 23.9 Å². The van der Waals surface area contributed by atoms with Crippen LogP contribution in [0.25, 0.3) is 0 Å². The summed E-state index contributed by atoms with van der Waals surface area (Å²) in [5, 5.41) is 0.356. The molecule has 4 nitrogen and oxygen atoms in total. The largest absolute Gasteiger partial charge is 0.488 e. The van der Waals surface area contributed by atoms with E-state index in [0.717, 1.165) is 0 Å². The summed E-state index contributed by atoms with van der Waals surface area (Å²) in [6.07, 6.45) is 2.92. The third-order valence-electron chi connectivity index (χ3n) is 2.49. The molecule has 19 heavy (non-hydrogen) atoms. The van der Waals surface area contributed by atoms with Crippen LogP contribution in [0.4, 0.5) is 0 Å². The van der Waals surface area contributed by atoms with Crippen LogP contribution in [0.2, 0.25) is 5.02 Å². The Hall–Kier alpha value is -1.81. The molecule has 0 aromatic heterocycles. The Labute approximate surface area is 117 Å². The van der Waals surface area contributed by atoms with Gasteiger partial charge in [0, 0.05) is 11.1 Å². The highest BCUT2D eigenvalue weighted by molar-refractivity contribution is 6.32. The van der Waals surface area contributed by atoms with Gasteiger partial charge in [-0.3, -0.25) is 4.79 Å². The number of aldehydes is 1. The molecule has 0 unspecified atom stereocenters. The second-order valence-electron chi connectivity index (χ2n) is 3.69. The molecule has 0 aliphatic rings. The predicted octanol–water partition coefficient (Wildman–Crippen LogP) is 3.04. The van der Waals surface area contributed by atoms with E-state index < -0.39 is 0 Å². The Kier molecular flexibility index (Phi) is 6.09. The number of rotatable bonds is 6. The molecule has 0 atom stereocenters. The molecule has 0 radical (unpaired) electrons. The number of carbonyl (C=O) groups excluding carboxylic acids is 2. The number of methoxy groups -OCH3 is 1. The lowest BCUT2D eigenvalue weighted by Crippen LogP contribution is -2.06. The van der Waals surface area contributed by atoms with Crippen molar-refractivity contribution in [3.05, 3.63) is 40.4 Å². The van der Waals surface area contributed by atoms with Gasteiger partial charge in [-0.25, -0.2) is 4.79 Å². The Morgan fingerprint density at radius 1 is 1.42 bits per heavy atom. The van der Waals surface area contributed by atoms with Gasteiger partial charge in [-0.15, -0.1) is 0 Å². The maximum absolute atomic E-state index is 11.3. The minimum atomic E-state index is -0.367. The van der Waals surface area contributed by atoms with Crippen molar-refractivity contribution in [1.82, 2.24) is 0 Å². The summed E-state index contributed by atoms with van der Waals surface area (Å²) in [6.45, 7) is 2.06. The van der Waals surface area contributed by atoms with Gasteiger partial charge in [-0.1, -0.05) is 18.5 Å². The van der Waals surface area contributed by atoms with Gasteiger partial charge in [-0.05, 0) is 30.7 Å². The highest BCUT2D eigenvalue weighted by Gasteiger charge is 2.07. The van der Waals surface area contributed by atoms with Crippen LogP contribution in [0.5, 0.6) is 5.75 Å². The molecule has 0 spiro atoms. The SMILES string of the molecule is CCC(=CCOc1ccc(C=O)cc1Cl)C(=O)OC. The number of esters is 1. The number of benzene rings is 1. The van der Waals surface area contributed by atoms with Crippen LogP contribution in [0.3, 0.4) is 0 Å². The van der Waals surface area contributed by atoms with E-state index in [4.69, 9.17) is 16.3 Å². The lowest BCUT2D eigenvalue weighted by atomic mass is 10.2. The van der Waals surface area contributed by atoms with E-state index in [1.807, 2.05) is 6.92 Å². The van der Waals surface area contributed by atoms with Gasteiger partial charge in [0.1, 0.15) is 18.6 Å². The van der Waals surface area contributed by atoms with E-state index in [-0.39, 0.29) is 12.6 Å². The third-order valence-corrected chi connectivity index (χ3v) is 2.78. The first-order valence-electron chi connectivity index (χ1n) is 5.77. The highest BCUT2D eigenvalue weighted by Crippen LogP contribution is 2.25. The van der Waals surface area contributed by atoms with E-state index in [2.05, 4.69) is 4.74 Å². The topological polar surface area (TPSA) is 52.6 Å². The first-order chi connectivity index (χ1) is 9.12. The van der Waals surface area contributed by atoms with Crippen LogP contribution < -0.4 is 4.74 Å². The Bertz CT molecular complexity index is 494. The van der Waals surface area contributed by atoms with Gasteiger partial charge in [0.15, 0.2) is 0 Å². The van der Waals surface area contributed by atoms with E-state index in [1.54, 1.807) is 18.2 Å². The fourth-order valence-electron chi connectivity index (χ4n) is 1.44. The van der Waals surface area contributed by atoms with Gasteiger partial charge in [-0.2, -0.15) is 0 Å². The molecule has 0 N–H and O–H groups in total. The smallest absolute Gasteiger partial charge is 0.333 e. The van der Waals surface area contributed by atoms with Gasteiger partial charge < -0.3 is 9.47 Å². The van der Waals surface area contributed by atoms with Crippen LogP contribution in [0, 0.1) is 0 Å². The summed E-state index contributed by atoms with van der Waals surface area (Å²) in [7, 11) is 1.34. The van der Waals surface area contributed by atoms with E-state index in [0.29, 0.717) is 34.6 Å². The highest BCUT2D eigenvalue weighted by atomic mass is 35.5. The second kappa shape index (κ2) is 7.59. The van der Waals surface area contributed by atoms with Crippen LogP contribution in [-0.2, 0) is 9.53 Å². The summed E-state index contributed by atoms with van der Waals surface area (Å²) in [5.41, 5.74) is 1.03.